The number of benzene rings is 2. The van der Waals surface area contributed by atoms with Gasteiger partial charge >= 0.3 is 0 Å². The van der Waals surface area contributed by atoms with Crippen LogP contribution < -0.4 is 5.32 Å². The van der Waals surface area contributed by atoms with Crippen LogP contribution in [-0.2, 0) is 11.8 Å². The van der Waals surface area contributed by atoms with E-state index in [9.17, 15) is 4.79 Å². The van der Waals surface area contributed by atoms with Crippen molar-refractivity contribution in [1.29, 1.82) is 0 Å². The molecule has 0 aliphatic heterocycles. The molecule has 4 heteroatoms. The van der Waals surface area contributed by atoms with E-state index in [1.807, 2.05) is 37.4 Å². The Morgan fingerprint density at radius 1 is 1.19 bits per heavy atom. The van der Waals surface area contributed by atoms with Gasteiger partial charge in [-0.1, -0.05) is 55.3 Å². The molecule has 0 radical (unpaired) electrons. The average Bonchev–Trinajstić information content (AvgIpc) is 2.97. The van der Waals surface area contributed by atoms with Crippen LogP contribution in [0.15, 0.2) is 54.7 Å². The van der Waals surface area contributed by atoms with Gasteiger partial charge in [0, 0.05) is 48.1 Å². The zero-order chi connectivity index (χ0) is 18.5. The monoisotopic (exact) mass is 368 g/mol. The summed E-state index contributed by atoms with van der Waals surface area (Å²) in [5, 5.41) is 4.92. The quantitative estimate of drug-likeness (QED) is 0.566. The number of hydrogen-bond acceptors (Lipinski definition) is 1. The zero-order valence-electron chi connectivity index (χ0n) is 15.3. The molecular formula is C22H25ClN2O. The lowest BCUT2D eigenvalue weighted by molar-refractivity contribution is -0.121. The minimum Gasteiger partial charge on any atom is -0.356 e. The zero-order valence-corrected chi connectivity index (χ0v) is 16.1. The largest absolute Gasteiger partial charge is 0.356 e. The van der Waals surface area contributed by atoms with Crippen molar-refractivity contribution in [2.45, 2.75) is 32.1 Å². The fourth-order valence-corrected chi connectivity index (χ4v) is 3.64. The van der Waals surface area contributed by atoms with E-state index >= 15 is 0 Å². The molecule has 1 N–H and O–H groups in total. The van der Waals surface area contributed by atoms with Gasteiger partial charge in [-0.2, -0.15) is 0 Å². The third-order valence-electron chi connectivity index (χ3n) is 4.80. The van der Waals surface area contributed by atoms with E-state index in [2.05, 4.69) is 41.2 Å². The highest BCUT2D eigenvalue weighted by molar-refractivity contribution is 6.30. The van der Waals surface area contributed by atoms with E-state index in [1.165, 1.54) is 10.9 Å². The molecule has 0 fully saturated rings. The second-order valence-corrected chi connectivity index (χ2v) is 7.16. The van der Waals surface area contributed by atoms with Crippen LogP contribution in [0.25, 0.3) is 10.9 Å². The van der Waals surface area contributed by atoms with Crippen LogP contribution in [0.4, 0.5) is 0 Å². The number of aryl methyl sites for hydroxylation is 1. The van der Waals surface area contributed by atoms with E-state index in [0.717, 1.165) is 30.5 Å². The molecule has 0 bridgehead atoms. The number of rotatable bonds is 7. The molecule has 136 valence electrons. The molecule has 0 saturated carbocycles. The van der Waals surface area contributed by atoms with Gasteiger partial charge < -0.3 is 9.88 Å². The maximum atomic E-state index is 12.6. The third kappa shape index (κ3) is 4.10. The number of fused-ring (bicyclic) bond motifs is 1. The molecule has 3 rings (SSSR count). The number of carbonyl (C=O) groups is 1. The van der Waals surface area contributed by atoms with Crippen LogP contribution in [0.2, 0.25) is 5.02 Å². The Balaban J connectivity index is 1.98. The summed E-state index contributed by atoms with van der Waals surface area (Å²) in [7, 11) is 2.04. The first-order chi connectivity index (χ1) is 12.6. The van der Waals surface area contributed by atoms with Crippen LogP contribution in [0.5, 0.6) is 0 Å². The maximum Gasteiger partial charge on any atom is 0.220 e. The van der Waals surface area contributed by atoms with Crippen molar-refractivity contribution in [2.75, 3.05) is 6.54 Å². The highest BCUT2D eigenvalue weighted by atomic mass is 35.5. The van der Waals surface area contributed by atoms with Crippen molar-refractivity contribution < 1.29 is 4.79 Å². The first kappa shape index (κ1) is 18.5. The second-order valence-electron chi connectivity index (χ2n) is 6.73. The lowest BCUT2D eigenvalue weighted by Crippen LogP contribution is -2.26. The van der Waals surface area contributed by atoms with Gasteiger partial charge in [0.15, 0.2) is 0 Å². The van der Waals surface area contributed by atoms with Gasteiger partial charge in [-0.15, -0.1) is 0 Å². The molecule has 3 aromatic rings. The summed E-state index contributed by atoms with van der Waals surface area (Å²) in [5.74, 6) is 0.0535. The fourth-order valence-electron chi connectivity index (χ4n) is 3.44. The minimum absolute atomic E-state index is 0.0265. The number of aromatic nitrogens is 1. The first-order valence-electron chi connectivity index (χ1n) is 9.16. The van der Waals surface area contributed by atoms with Crippen LogP contribution >= 0.6 is 11.6 Å². The van der Waals surface area contributed by atoms with E-state index in [1.54, 1.807) is 0 Å². The van der Waals surface area contributed by atoms with E-state index in [4.69, 9.17) is 11.6 Å². The van der Waals surface area contributed by atoms with Crippen molar-refractivity contribution in [2.24, 2.45) is 7.05 Å². The van der Waals surface area contributed by atoms with Gasteiger partial charge in [0.1, 0.15) is 0 Å². The van der Waals surface area contributed by atoms with Gasteiger partial charge in [-0.05, 0) is 35.7 Å². The Morgan fingerprint density at radius 3 is 2.77 bits per heavy atom. The van der Waals surface area contributed by atoms with Gasteiger partial charge in [-0.3, -0.25) is 4.79 Å². The van der Waals surface area contributed by atoms with Crippen molar-refractivity contribution in [3.63, 3.8) is 0 Å². The number of unbranched alkanes of at least 4 members (excludes halogenated alkanes) is 1. The van der Waals surface area contributed by atoms with Gasteiger partial charge in [0.25, 0.3) is 0 Å². The molecule has 1 unspecified atom stereocenters. The molecule has 1 atom stereocenters. The van der Waals surface area contributed by atoms with Crippen molar-refractivity contribution in [3.05, 3.63) is 70.9 Å². The topological polar surface area (TPSA) is 34.0 Å². The summed E-state index contributed by atoms with van der Waals surface area (Å²) >= 11 is 6.23. The maximum absolute atomic E-state index is 12.6. The van der Waals surface area contributed by atoms with Crippen LogP contribution in [0.1, 0.15) is 43.2 Å². The number of amides is 1. The van der Waals surface area contributed by atoms with Gasteiger partial charge in [-0.25, -0.2) is 0 Å². The van der Waals surface area contributed by atoms with Crippen molar-refractivity contribution in [1.82, 2.24) is 9.88 Å². The Kier molecular flexibility index (Phi) is 6.00. The Morgan fingerprint density at radius 2 is 2.00 bits per heavy atom. The number of carbonyl (C=O) groups excluding carboxylic acids is 1. The number of nitrogens with zero attached hydrogens (tertiary/aromatic N) is 1. The Hall–Kier alpha value is -2.26. The molecule has 0 saturated heterocycles. The lowest BCUT2D eigenvalue weighted by Gasteiger charge is -2.17. The Labute approximate surface area is 160 Å². The summed E-state index contributed by atoms with van der Waals surface area (Å²) in [6.45, 7) is 2.85. The number of para-hydroxylation sites is 1. The van der Waals surface area contributed by atoms with Gasteiger partial charge in [0.05, 0.1) is 0 Å². The SMILES string of the molecule is CCCCNC(=O)CC(c1cccc(Cl)c1)c1cn(C)c2ccccc12. The molecule has 3 nitrogen and oxygen atoms in total. The smallest absolute Gasteiger partial charge is 0.220 e. The molecular weight excluding hydrogens is 344 g/mol. The van der Waals surface area contributed by atoms with Crippen LogP contribution in [0, 0.1) is 0 Å². The molecule has 1 aromatic heterocycles. The summed E-state index contributed by atoms with van der Waals surface area (Å²) in [6.07, 6.45) is 4.62. The van der Waals surface area contributed by atoms with E-state index in [0.29, 0.717) is 11.4 Å². The number of hydrogen-bond donors (Lipinski definition) is 1. The van der Waals surface area contributed by atoms with Crippen LogP contribution in [0.3, 0.4) is 0 Å². The summed E-state index contributed by atoms with van der Waals surface area (Å²) in [4.78, 5) is 12.6. The number of halogens is 1. The lowest BCUT2D eigenvalue weighted by atomic mass is 9.88. The molecule has 26 heavy (non-hydrogen) atoms. The highest BCUT2D eigenvalue weighted by Gasteiger charge is 2.22. The third-order valence-corrected chi connectivity index (χ3v) is 5.03. The molecule has 1 amide bonds. The average molecular weight is 369 g/mol. The molecule has 2 aromatic carbocycles. The van der Waals surface area contributed by atoms with E-state index in [-0.39, 0.29) is 11.8 Å². The minimum atomic E-state index is -0.0265. The molecule has 1 heterocycles. The first-order valence-corrected chi connectivity index (χ1v) is 9.54. The number of nitrogens with one attached hydrogen (secondary N) is 1. The molecule has 0 aliphatic rings. The predicted molar refractivity (Wildman–Crippen MR) is 109 cm³/mol. The second kappa shape index (κ2) is 8.41. The molecule has 0 aliphatic carbocycles. The predicted octanol–water partition coefficient (Wildman–Crippen LogP) is 5.27. The molecule has 0 spiro atoms. The standard InChI is InChI=1S/C22H25ClN2O/c1-3-4-12-24-22(26)14-19(16-8-7-9-17(23)13-16)20-15-25(2)21-11-6-5-10-18(20)21/h5-11,13,15,19H,3-4,12,14H2,1-2H3,(H,24,26). The Bertz CT molecular complexity index is 900. The van der Waals surface area contributed by atoms with Crippen molar-refractivity contribution >= 4 is 28.4 Å². The van der Waals surface area contributed by atoms with Crippen LogP contribution in [-0.4, -0.2) is 17.0 Å². The normalized spacial score (nSPS) is 12.3. The fraction of sp³-hybridized carbons (Fsp3) is 0.318. The van der Waals surface area contributed by atoms with Gasteiger partial charge in [0.2, 0.25) is 5.91 Å². The highest BCUT2D eigenvalue weighted by Crippen LogP contribution is 2.35. The van der Waals surface area contributed by atoms with Crippen molar-refractivity contribution in [3.8, 4) is 0 Å². The summed E-state index contributed by atoms with van der Waals surface area (Å²) < 4.78 is 2.12. The van der Waals surface area contributed by atoms with E-state index < -0.39 is 0 Å². The summed E-state index contributed by atoms with van der Waals surface area (Å²) in [5.41, 5.74) is 3.40. The summed E-state index contributed by atoms with van der Waals surface area (Å²) in [6, 6.07) is 16.1.